The molecule has 0 saturated carbocycles. The Kier molecular flexibility index (Phi) is 7.22. The van der Waals surface area contributed by atoms with E-state index in [0.29, 0.717) is 0 Å². The van der Waals surface area contributed by atoms with E-state index in [4.69, 9.17) is 9.40 Å². The molecule has 0 saturated heterocycles. The van der Waals surface area contributed by atoms with E-state index in [9.17, 15) is 0 Å². The van der Waals surface area contributed by atoms with Crippen molar-refractivity contribution in [3.05, 3.63) is 182 Å². The van der Waals surface area contributed by atoms with E-state index < -0.39 is 0 Å². The van der Waals surface area contributed by atoms with Crippen LogP contribution in [0.15, 0.2) is 186 Å². The summed E-state index contributed by atoms with van der Waals surface area (Å²) < 4.78 is 9.96. The zero-order valence-electron chi connectivity index (χ0n) is 28.9. The lowest BCUT2D eigenvalue weighted by atomic mass is 9.94. The van der Waals surface area contributed by atoms with E-state index in [2.05, 4.69) is 175 Å². The first-order chi connectivity index (χ1) is 26.7. The maximum atomic E-state index is 6.26. The second-order valence-electron chi connectivity index (χ2n) is 13.5. The standard InChI is InChI=1S/C49H30N2OS2/c1-3-11-31(12-4-1)37-15-7-8-16-38(37)32-19-21-34(22-20-32)51(35-23-25-43-40(29-35)39-17-9-10-18-42(39)52-43)36-24-26-44-41(30-36)47-45(53-44)27-28-46-48(47)50-49(54-46)33-13-5-2-6-14-33/h1-30H. The highest BCUT2D eigenvalue weighted by atomic mass is 32.1. The number of furan rings is 1. The van der Waals surface area contributed by atoms with Gasteiger partial charge in [0.05, 0.1) is 10.2 Å². The summed E-state index contributed by atoms with van der Waals surface area (Å²) in [5.74, 6) is 0. The normalized spacial score (nSPS) is 11.7. The molecule has 11 aromatic rings. The van der Waals surface area contributed by atoms with E-state index in [1.54, 1.807) is 11.3 Å². The van der Waals surface area contributed by atoms with Gasteiger partial charge < -0.3 is 9.32 Å². The summed E-state index contributed by atoms with van der Waals surface area (Å²) in [5, 5.41) is 5.70. The third-order valence-electron chi connectivity index (χ3n) is 10.3. The van der Waals surface area contributed by atoms with Gasteiger partial charge in [0.15, 0.2) is 0 Å². The molecule has 3 heterocycles. The van der Waals surface area contributed by atoms with E-state index in [1.165, 1.54) is 47.1 Å². The largest absolute Gasteiger partial charge is 0.456 e. The summed E-state index contributed by atoms with van der Waals surface area (Å²) in [6.07, 6.45) is 0. The smallest absolute Gasteiger partial charge is 0.135 e. The molecule has 0 bridgehead atoms. The summed E-state index contributed by atoms with van der Waals surface area (Å²) in [6.45, 7) is 0. The van der Waals surface area contributed by atoms with Crippen molar-refractivity contribution < 1.29 is 4.42 Å². The highest BCUT2D eigenvalue weighted by molar-refractivity contribution is 7.26. The Labute approximate surface area is 319 Å². The summed E-state index contributed by atoms with van der Waals surface area (Å²) in [7, 11) is 0. The molecule has 0 aliphatic carbocycles. The predicted octanol–water partition coefficient (Wildman–Crippen LogP) is 15.0. The monoisotopic (exact) mass is 726 g/mol. The third kappa shape index (κ3) is 5.12. The van der Waals surface area contributed by atoms with Crippen molar-refractivity contribution in [2.24, 2.45) is 0 Å². The number of anilines is 3. The predicted molar refractivity (Wildman–Crippen MR) is 231 cm³/mol. The molecular formula is C49H30N2OS2. The van der Waals surface area contributed by atoms with Crippen LogP contribution in [0, 0.1) is 0 Å². The lowest BCUT2D eigenvalue weighted by Gasteiger charge is -2.26. The Balaban J connectivity index is 1.09. The molecular weight excluding hydrogens is 697 g/mol. The third-order valence-corrected chi connectivity index (χ3v) is 12.5. The number of benzene rings is 8. The minimum absolute atomic E-state index is 0.882. The Morgan fingerprint density at radius 3 is 1.76 bits per heavy atom. The van der Waals surface area contributed by atoms with Crippen LogP contribution in [-0.4, -0.2) is 4.98 Å². The van der Waals surface area contributed by atoms with Crippen LogP contribution >= 0.6 is 22.7 Å². The van der Waals surface area contributed by atoms with Gasteiger partial charge >= 0.3 is 0 Å². The molecule has 0 aliphatic heterocycles. The van der Waals surface area contributed by atoms with Crippen molar-refractivity contribution in [3.8, 4) is 32.8 Å². The van der Waals surface area contributed by atoms with Gasteiger partial charge in [0, 0.05) is 53.6 Å². The van der Waals surface area contributed by atoms with Crippen molar-refractivity contribution in [1.29, 1.82) is 0 Å². The molecule has 8 aromatic carbocycles. The maximum absolute atomic E-state index is 6.26. The van der Waals surface area contributed by atoms with E-state index >= 15 is 0 Å². The Bertz CT molecular complexity index is 3160. The highest BCUT2D eigenvalue weighted by Gasteiger charge is 2.19. The number of rotatable bonds is 6. The van der Waals surface area contributed by atoms with Gasteiger partial charge in [-0.1, -0.05) is 115 Å². The molecule has 0 unspecified atom stereocenters. The van der Waals surface area contributed by atoms with Crippen LogP contribution in [0.3, 0.4) is 0 Å². The van der Waals surface area contributed by atoms with E-state index in [1.807, 2.05) is 23.5 Å². The van der Waals surface area contributed by atoms with Gasteiger partial charge in [0.2, 0.25) is 0 Å². The summed E-state index contributed by atoms with van der Waals surface area (Å²) >= 11 is 3.59. The number of para-hydroxylation sites is 1. The van der Waals surface area contributed by atoms with Crippen LogP contribution in [-0.2, 0) is 0 Å². The summed E-state index contributed by atoms with van der Waals surface area (Å²) in [5.41, 5.74) is 12.0. The molecule has 5 heteroatoms. The van der Waals surface area contributed by atoms with Crippen LogP contribution < -0.4 is 4.90 Å². The number of thiazole rings is 1. The topological polar surface area (TPSA) is 29.3 Å². The average molecular weight is 727 g/mol. The van der Waals surface area contributed by atoms with Gasteiger partial charge in [-0.15, -0.1) is 22.7 Å². The van der Waals surface area contributed by atoms with E-state index in [-0.39, 0.29) is 0 Å². The fraction of sp³-hybridized carbons (Fsp3) is 0. The molecule has 0 aliphatic rings. The minimum atomic E-state index is 0.882. The lowest BCUT2D eigenvalue weighted by Crippen LogP contribution is -2.09. The van der Waals surface area contributed by atoms with Crippen molar-refractivity contribution in [3.63, 3.8) is 0 Å². The fourth-order valence-electron chi connectivity index (χ4n) is 7.78. The number of fused-ring (bicyclic) bond motifs is 8. The second-order valence-corrected chi connectivity index (χ2v) is 15.6. The molecule has 0 radical (unpaired) electrons. The van der Waals surface area contributed by atoms with Crippen molar-refractivity contribution in [2.75, 3.05) is 4.90 Å². The Morgan fingerprint density at radius 1 is 0.407 bits per heavy atom. The van der Waals surface area contributed by atoms with Crippen molar-refractivity contribution in [1.82, 2.24) is 4.98 Å². The number of aromatic nitrogens is 1. The fourth-order valence-corrected chi connectivity index (χ4v) is 9.85. The maximum Gasteiger partial charge on any atom is 0.135 e. The lowest BCUT2D eigenvalue weighted by molar-refractivity contribution is 0.669. The van der Waals surface area contributed by atoms with Gasteiger partial charge in [-0.3, -0.25) is 0 Å². The van der Waals surface area contributed by atoms with Gasteiger partial charge in [-0.2, -0.15) is 0 Å². The van der Waals surface area contributed by atoms with Crippen LogP contribution in [0.25, 0.3) is 85.2 Å². The van der Waals surface area contributed by atoms with Crippen molar-refractivity contribution >= 4 is 92.1 Å². The second kappa shape index (κ2) is 12.6. The number of hydrogen-bond acceptors (Lipinski definition) is 5. The molecule has 54 heavy (non-hydrogen) atoms. The Morgan fingerprint density at radius 2 is 0.981 bits per heavy atom. The molecule has 0 atom stereocenters. The quantitative estimate of drug-likeness (QED) is 0.171. The SMILES string of the molecule is c1ccc(-c2nc3c(ccc4sc5ccc(N(c6ccc(-c7ccccc7-c7ccccc7)cc6)c6ccc7oc8ccccc8c7c6)cc5c43)s2)cc1. The molecule has 0 amide bonds. The molecule has 3 nitrogen and oxygen atoms in total. The first-order valence-corrected chi connectivity index (χ1v) is 19.7. The summed E-state index contributed by atoms with van der Waals surface area (Å²) in [6, 6.07) is 64.9. The first-order valence-electron chi connectivity index (χ1n) is 18.0. The average Bonchev–Trinajstić information content (AvgIpc) is 3.95. The molecule has 0 spiro atoms. The van der Waals surface area contributed by atoms with Gasteiger partial charge in [-0.05, 0) is 89.0 Å². The zero-order valence-corrected chi connectivity index (χ0v) is 30.6. The van der Waals surface area contributed by atoms with Crippen LogP contribution in [0.1, 0.15) is 0 Å². The van der Waals surface area contributed by atoms with Crippen LogP contribution in [0.4, 0.5) is 17.1 Å². The highest BCUT2D eigenvalue weighted by Crippen LogP contribution is 2.45. The number of thiophene rings is 1. The van der Waals surface area contributed by atoms with Gasteiger partial charge in [0.25, 0.3) is 0 Å². The molecule has 0 fully saturated rings. The van der Waals surface area contributed by atoms with Crippen LogP contribution in [0.2, 0.25) is 0 Å². The van der Waals surface area contributed by atoms with E-state index in [0.717, 1.165) is 55.1 Å². The molecule has 254 valence electrons. The molecule has 0 N–H and O–H groups in total. The number of hydrogen-bond donors (Lipinski definition) is 0. The van der Waals surface area contributed by atoms with Crippen LogP contribution in [0.5, 0.6) is 0 Å². The zero-order chi connectivity index (χ0) is 35.6. The first kappa shape index (κ1) is 31.0. The minimum Gasteiger partial charge on any atom is -0.456 e. The molecule has 11 rings (SSSR count). The van der Waals surface area contributed by atoms with Gasteiger partial charge in [-0.25, -0.2) is 4.98 Å². The van der Waals surface area contributed by atoms with Crippen molar-refractivity contribution in [2.45, 2.75) is 0 Å². The molecule has 3 aromatic heterocycles. The summed E-state index contributed by atoms with van der Waals surface area (Å²) in [4.78, 5) is 7.62. The number of nitrogens with zero attached hydrogens (tertiary/aromatic N) is 2. The van der Waals surface area contributed by atoms with Gasteiger partial charge in [0.1, 0.15) is 16.2 Å². The Hall–Kier alpha value is -6.53.